The fourth-order valence-electron chi connectivity index (χ4n) is 2.33. The van der Waals surface area contributed by atoms with Crippen molar-refractivity contribution in [1.82, 2.24) is 4.72 Å². The molecule has 0 radical (unpaired) electrons. The lowest BCUT2D eigenvalue weighted by molar-refractivity contribution is -0.116. The fraction of sp³-hybridized carbons (Fsp3) is 0.316. The highest BCUT2D eigenvalue weighted by molar-refractivity contribution is 7.89. The first-order valence-electron chi connectivity index (χ1n) is 8.43. The van der Waals surface area contributed by atoms with Gasteiger partial charge in [0, 0.05) is 18.7 Å². The molecule has 0 unspecified atom stereocenters. The minimum Gasteiger partial charge on any atom is -0.326 e. The van der Waals surface area contributed by atoms with Crippen LogP contribution in [0.3, 0.4) is 0 Å². The number of halogens is 1. The van der Waals surface area contributed by atoms with Gasteiger partial charge in [-0.15, -0.1) is 0 Å². The topological polar surface area (TPSA) is 75.3 Å². The third-order valence-electron chi connectivity index (χ3n) is 3.86. The molecule has 0 aromatic heterocycles. The van der Waals surface area contributed by atoms with Crippen LogP contribution in [0.25, 0.3) is 0 Å². The van der Waals surface area contributed by atoms with Gasteiger partial charge in [0.05, 0.1) is 4.90 Å². The summed E-state index contributed by atoms with van der Waals surface area (Å²) in [6, 6.07) is 12.2. The maximum absolute atomic E-state index is 12.9. The molecule has 0 heterocycles. The minimum atomic E-state index is -3.70. The fourth-order valence-corrected chi connectivity index (χ4v) is 3.40. The molecule has 2 aromatic carbocycles. The molecule has 0 saturated carbocycles. The van der Waals surface area contributed by atoms with Crippen molar-refractivity contribution >= 4 is 21.6 Å². The van der Waals surface area contributed by atoms with E-state index in [9.17, 15) is 17.6 Å². The molecule has 1 amide bonds. The van der Waals surface area contributed by atoms with Crippen LogP contribution in [0.5, 0.6) is 0 Å². The zero-order valence-corrected chi connectivity index (χ0v) is 15.6. The Bertz CT molecular complexity index is 832. The van der Waals surface area contributed by atoms with Crippen molar-refractivity contribution in [3.63, 3.8) is 0 Å². The molecule has 2 rings (SSSR count). The number of hydrogen-bond donors (Lipinski definition) is 2. The van der Waals surface area contributed by atoms with E-state index in [4.69, 9.17) is 0 Å². The van der Waals surface area contributed by atoms with Crippen molar-refractivity contribution in [2.45, 2.75) is 37.5 Å². The summed E-state index contributed by atoms with van der Waals surface area (Å²) in [7, 11) is -3.70. The Morgan fingerprint density at radius 1 is 1.04 bits per heavy atom. The van der Waals surface area contributed by atoms with Gasteiger partial charge in [-0.25, -0.2) is 17.5 Å². The third-order valence-corrected chi connectivity index (χ3v) is 5.33. The predicted octanol–water partition coefficient (Wildman–Crippen LogP) is 3.65. The number of hydrogen-bond acceptors (Lipinski definition) is 3. The Labute approximate surface area is 153 Å². The summed E-state index contributed by atoms with van der Waals surface area (Å²) in [5, 5.41) is 2.79. The summed E-state index contributed by atoms with van der Waals surface area (Å²) in [6.45, 7) is 4.32. The van der Waals surface area contributed by atoms with Gasteiger partial charge in [-0.3, -0.25) is 4.79 Å². The molecule has 0 saturated heterocycles. The number of rotatable bonds is 8. The van der Waals surface area contributed by atoms with Crippen molar-refractivity contribution in [2.24, 2.45) is 0 Å². The van der Waals surface area contributed by atoms with Gasteiger partial charge in [-0.05, 0) is 54.3 Å². The van der Waals surface area contributed by atoms with E-state index in [0.717, 1.165) is 12.1 Å². The van der Waals surface area contributed by atoms with Crippen LogP contribution in [0, 0.1) is 5.82 Å². The average Bonchev–Trinajstić information content (AvgIpc) is 2.59. The van der Waals surface area contributed by atoms with E-state index in [-0.39, 0.29) is 23.8 Å². The predicted molar refractivity (Wildman–Crippen MR) is 100.0 cm³/mol. The summed E-state index contributed by atoms with van der Waals surface area (Å²) in [6.07, 6.45) is 0.550. The Hall–Kier alpha value is -2.25. The number of amides is 1. The molecule has 0 atom stereocenters. The summed E-state index contributed by atoms with van der Waals surface area (Å²) in [5.41, 5.74) is 1.91. The third kappa shape index (κ3) is 5.93. The second-order valence-electron chi connectivity index (χ2n) is 6.28. The van der Waals surface area contributed by atoms with Crippen molar-refractivity contribution in [3.05, 3.63) is 59.9 Å². The minimum absolute atomic E-state index is 0.00593. The molecule has 2 aromatic rings. The standard InChI is InChI=1S/C19H23FN2O3S/c1-14(2)15-5-9-17(10-6-15)22-19(23)4-3-13-21-26(24,25)18-11-7-16(20)8-12-18/h5-12,14,21H,3-4,13H2,1-2H3,(H,22,23). The zero-order valence-electron chi connectivity index (χ0n) is 14.8. The molecule has 140 valence electrons. The van der Waals surface area contributed by atoms with Gasteiger partial charge in [-0.2, -0.15) is 0 Å². The Balaban J connectivity index is 1.76. The van der Waals surface area contributed by atoms with E-state index in [1.807, 2.05) is 24.3 Å². The molecule has 0 spiro atoms. The number of carbonyl (C=O) groups is 1. The molecule has 0 aliphatic carbocycles. The highest BCUT2D eigenvalue weighted by Gasteiger charge is 2.13. The van der Waals surface area contributed by atoms with Gasteiger partial charge in [0.25, 0.3) is 0 Å². The normalized spacial score (nSPS) is 11.5. The van der Waals surface area contributed by atoms with E-state index < -0.39 is 15.8 Å². The maximum Gasteiger partial charge on any atom is 0.240 e. The van der Waals surface area contributed by atoms with Crippen molar-refractivity contribution < 1.29 is 17.6 Å². The van der Waals surface area contributed by atoms with Crippen LogP contribution in [0.4, 0.5) is 10.1 Å². The van der Waals surface area contributed by atoms with Crippen molar-refractivity contribution in [3.8, 4) is 0 Å². The molecule has 0 aliphatic rings. The SMILES string of the molecule is CC(C)c1ccc(NC(=O)CCCNS(=O)(=O)c2ccc(F)cc2)cc1. The van der Waals surface area contributed by atoms with Crippen LogP contribution < -0.4 is 10.0 Å². The highest BCUT2D eigenvalue weighted by Crippen LogP contribution is 2.17. The quantitative estimate of drug-likeness (QED) is 0.689. The number of benzene rings is 2. The Morgan fingerprint density at radius 3 is 2.23 bits per heavy atom. The van der Waals surface area contributed by atoms with Crippen molar-refractivity contribution in [2.75, 3.05) is 11.9 Å². The Morgan fingerprint density at radius 2 is 1.65 bits per heavy atom. The zero-order chi connectivity index (χ0) is 19.2. The lowest BCUT2D eigenvalue weighted by atomic mass is 10.0. The molecular formula is C19H23FN2O3S. The molecular weight excluding hydrogens is 355 g/mol. The molecule has 2 N–H and O–H groups in total. The van der Waals surface area contributed by atoms with E-state index in [2.05, 4.69) is 23.9 Å². The lowest BCUT2D eigenvalue weighted by Gasteiger charge is -2.09. The van der Waals surface area contributed by atoms with Crippen LogP contribution in [-0.4, -0.2) is 20.9 Å². The van der Waals surface area contributed by atoms with Gasteiger partial charge < -0.3 is 5.32 Å². The molecule has 5 nitrogen and oxygen atoms in total. The number of sulfonamides is 1. The second-order valence-corrected chi connectivity index (χ2v) is 8.05. The number of carbonyl (C=O) groups excluding carboxylic acids is 1. The van der Waals surface area contributed by atoms with Gasteiger partial charge >= 0.3 is 0 Å². The first kappa shape index (κ1) is 20.1. The smallest absolute Gasteiger partial charge is 0.240 e. The first-order valence-corrected chi connectivity index (χ1v) is 9.91. The Kier molecular flexibility index (Phi) is 6.88. The first-order chi connectivity index (χ1) is 12.3. The van der Waals surface area contributed by atoms with E-state index in [1.165, 1.54) is 17.7 Å². The van der Waals surface area contributed by atoms with Crippen LogP contribution in [0.1, 0.15) is 38.2 Å². The van der Waals surface area contributed by atoms with E-state index in [1.54, 1.807) is 0 Å². The maximum atomic E-state index is 12.9. The monoisotopic (exact) mass is 378 g/mol. The van der Waals surface area contributed by atoms with E-state index in [0.29, 0.717) is 18.0 Å². The highest BCUT2D eigenvalue weighted by atomic mass is 32.2. The van der Waals surface area contributed by atoms with Gasteiger partial charge in [0.1, 0.15) is 5.82 Å². The van der Waals surface area contributed by atoms with Crippen LogP contribution in [-0.2, 0) is 14.8 Å². The molecule has 0 aliphatic heterocycles. The molecule has 0 bridgehead atoms. The van der Waals surface area contributed by atoms with E-state index >= 15 is 0 Å². The summed E-state index contributed by atoms with van der Waals surface area (Å²) >= 11 is 0. The molecule has 0 fully saturated rings. The summed E-state index contributed by atoms with van der Waals surface area (Å²) in [5.74, 6) is -0.251. The summed E-state index contributed by atoms with van der Waals surface area (Å²) in [4.78, 5) is 11.9. The largest absolute Gasteiger partial charge is 0.326 e. The average molecular weight is 378 g/mol. The van der Waals surface area contributed by atoms with Gasteiger partial charge in [0.2, 0.25) is 15.9 Å². The number of anilines is 1. The second kappa shape index (κ2) is 8.91. The molecule has 26 heavy (non-hydrogen) atoms. The molecule has 7 heteroatoms. The summed E-state index contributed by atoms with van der Waals surface area (Å²) < 4.78 is 39.3. The lowest BCUT2D eigenvalue weighted by Crippen LogP contribution is -2.25. The van der Waals surface area contributed by atoms with Crippen LogP contribution in [0.15, 0.2) is 53.4 Å². The van der Waals surface area contributed by atoms with Gasteiger partial charge in [0.15, 0.2) is 0 Å². The van der Waals surface area contributed by atoms with Crippen molar-refractivity contribution in [1.29, 1.82) is 0 Å². The number of nitrogens with one attached hydrogen (secondary N) is 2. The van der Waals surface area contributed by atoms with Gasteiger partial charge in [-0.1, -0.05) is 26.0 Å². The van der Waals surface area contributed by atoms with Crippen LogP contribution >= 0.6 is 0 Å². The van der Waals surface area contributed by atoms with Crippen LogP contribution in [0.2, 0.25) is 0 Å².